The molecular formula is C15H22N4. The zero-order valence-corrected chi connectivity index (χ0v) is 11.7. The number of aryl methyl sites for hydroxylation is 2. The number of nitrogens with two attached hydrogens (primary N) is 1. The molecule has 0 spiro atoms. The second-order valence-corrected chi connectivity index (χ2v) is 5.54. The highest BCUT2D eigenvalue weighted by atomic mass is 15.0. The Labute approximate surface area is 115 Å². The van der Waals surface area contributed by atoms with E-state index in [9.17, 15) is 5.26 Å². The molecule has 4 nitrogen and oxygen atoms in total. The molecule has 1 atom stereocenters. The van der Waals surface area contributed by atoms with Gasteiger partial charge in [-0.3, -0.25) is 0 Å². The van der Waals surface area contributed by atoms with Gasteiger partial charge in [0.1, 0.15) is 11.9 Å². The third-order valence-electron chi connectivity index (χ3n) is 3.80. The Morgan fingerprint density at radius 1 is 1.42 bits per heavy atom. The second-order valence-electron chi connectivity index (χ2n) is 5.54. The highest BCUT2D eigenvalue weighted by Gasteiger charge is 2.18. The number of fused-ring (bicyclic) bond motifs is 1. The van der Waals surface area contributed by atoms with E-state index in [4.69, 9.17) is 5.73 Å². The van der Waals surface area contributed by atoms with E-state index in [0.29, 0.717) is 23.8 Å². The lowest BCUT2D eigenvalue weighted by molar-refractivity contribution is 0.529. The Balaban J connectivity index is 2.31. The van der Waals surface area contributed by atoms with Gasteiger partial charge in [-0.25, -0.2) is 4.98 Å². The first kappa shape index (κ1) is 13.8. The molecule has 0 radical (unpaired) electrons. The van der Waals surface area contributed by atoms with Crippen LogP contribution in [0, 0.1) is 17.2 Å². The molecule has 0 saturated heterocycles. The normalized spacial score (nSPS) is 15.7. The highest BCUT2D eigenvalue weighted by molar-refractivity contribution is 5.55. The van der Waals surface area contributed by atoms with Crippen LogP contribution in [0.5, 0.6) is 0 Å². The molecule has 0 aromatic carbocycles. The van der Waals surface area contributed by atoms with Crippen molar-refractivity contribution in [2.45, 2.75) is 45.6 Å². The van der Waals surface area contributed by atoms with Gasteiger partial charge in [-0.05, 0) is 43.2 Å². The highest BCUT2D eigenvalue weighted by Crippen LogP contribution is 2.25. The summed E-state index contributed by atoms with van der Waals surface area (Å²) in [4.78, 5) is 4.67. The van der Waals surface area contributed by atoms with Crippen molar-refractivity contribution >= 4 is 5.82 Å². The first-order valence-electron chi connectivity index (χ1n) is 7.05. The van der Waals surface area contributed by atoms with Crippen LogP contribution in [-0.2, 0) is 12.8 Å². The second kappa shape index (κ2) is 6.03. The lowest BCUT2D eigenvalue weighted by Crippen LogP contribution is -2.34. The molecule has 1 aliphatic carbocycles. The molecule has 1 heterocycles. The Hall–Kier alpha value is -1.60. The number of nitriles is 1. The minimum atomic E-state index is 0.154. The Morgan fingerprint density at radius 3 is 2.79 bits per heavy atom. The fourth-order valence-electron chi connectivity index (χ4n) is 2.50. The number of hydrogen-bond acceptors (Lipinski definition) is 4. The van der Waals surface area contributed by atoms with Crippen molar-refractivity contribution in [2.75, 3.05) is 11.9 Å². The summed E-state index contributed by atoms with van der Waals surface area (Å²) < 4.78 is 0. The molecular weight excluding hydrogens is 236 g/mol. The zero-order chi connectivity index (χ0) is 13.8. The molecule has 1 aromatic heterocycles. The largest absolute Gasteiger partial charge is 0.365 e. The van der Waals surface area contributed by atoms with Crippen LogP contribution in [-0.4, -0.2) is 17.6 Å². The quantitative estimate of drug-likeness (QED) is 0.868. The predicted octanol–water partition coefficient (Wildman–Crippen LogP) is 2.23. The van der Waals surface area contributed by atoms with Gasteiger partial charge in [0.2, 0.25) is 0 Å². The summed E-state index contributed by atoms with van der Waals surface area (Å²) in [6.07, 6.45) is 4.45. The van der Waals surface area contributed by atoms with E-state index in [1.165, 1.54) is 18.4 Å². The monoisotopic (exact) mass is 258 g/mol. The smallest absolute Gasteiger partial charge is 0.144 e. The molecule has 1 aliphatic rings. The SMILES string of the molecule is CC(C)C(CN)Nc1nc2c(cc1C#N)CCCC2. The van der Waals surface area contributed by atoms with Crippen LogP contribution in [0.4, 0.5) is 5.82 Å². The van der Waals surface area contributed by atoms with Crippen molar-refractivity contribution in [3.63, 3.8) is 0 Å². The van der Waals surface area contributed by atoms with Gasteiger partial charge in [-0.15, -0.1) is 0 Å². The number of nitrogens with one attached hydrogen (secondary N) is 1. The number of rotatable bonds is 4. The maximum atomic E-state index is 9.28. The Bertz CT molecular complexity index is 488. The molecule has 0 fully saturated rings. The van der Waals surface area contributed by atoms with Crippen LogP contribution in [0.1, 0.15) is 43.5 Å². The summed E-state index contributed by atoms with van der Waals surface area (Å²) in [6, 6.07) is 4.40. The number of anilines is 1. The molecule has 1 aromatic rings. The number of pyridine rings is 1. The standard InChI is InChI=1S/C15H22N4/c1-10(2)14(9-17)19-15-12(8-16)7-11-5-3-4-6-13(11)18-15/h7,10,14H,3-6,9,17H2,1-2H3,(H,18,19). The lowest BCUT2D eigenvalue weighted by atomic mass is 9.94. The molecule has 0 aliphatic heterocycles. The fraction of sp³-hybridized carbons (Fsp3) is 0.600. The minimum Gasteiger partial charge on any atom is -0.365 e. The summed E-state index contributed by atoms with van der Waals surface area (Å²) in [5.41, 5.74) is 8.80. The van der Waals surface area contributed by atoms with Crippen LogP contribution in [0.3, 0.4) is 0 Å². The zero-order valence-electron chi connectivity index (χ0n) is 11.7. The molecule has 3 N–H and O–H groups in total. The summed E-state index contributed by atoms with van der Waals surface area (Å²) in [6.45, 7) is 4.78. The number of aromatic nitrogens is 1. The van der Waals surface area contributed by atoms with Gasteiger partial charge in [0.05, 0.1) is 5.56 Å². The van der Waals surface area contributed by atoms with Gasteiger partial charge in [0, 0.05) is 18.3 Å². The predicted molar refractivity (Wildman–Crippen MR) is 76.9 cm³/mol. The summed E-state index contributed by atoms with van der Waals surface area (Å²) >= 11 is 0. The first-order valence-corrected chi connectivity index (χ1v) is 7.05. The van der Waals surface area contributed by atoms with Crippen LogP contribution in [0.25, 0.3) is 0 Å². The third-order valence-corrected chi connectivity index (χ3v) is 3.80. The van der Waals surface area contributed by atoms with E-state index >= 15 is 0 Å². The van der Waals surface area contributed by atoms with Crippen LogP contribution >= 0.6 is 0 Å². The van der Waals surface area contributed by atoms with Gasteiger partial charge in [0.15, 0.2) is 0 Å². The molecule has 4 heteroatoms. The van der Waals surface area contributed by atoms with Crippen molar-refractivity contribution < 1.29 is 0 Å². The van der Waals surface area contributed by atoms with E-state index in [1.807, 2.05) is 6.07 Å². The molecule has 0 saturated carbocycles. The third kappa shape index (κ3) is 3.05. The summed E-state index contributed by atoms with van der Waals surface area (Å²) in [5, 5.41) is 12.6. The fourth-order valence-corrected chi connectivity index (χ4v) is 2.50. The van der Waals surface area contributed by atoms with Gasteiger partial charge < -0.3 is 11.1 Å². The van der Waals surface area contributed by atoms with Gasteiger partial charge >= 0.3 is 0 Å². The molecule has 1 unspecified atom stereocenters. The van der Waals surface area contributed by atoms with Crippen molar-refractivity contribution in [2.24, 2.45) is 11.7 Å². The van der Waals surface area contributed by atoms with Gasteiger partial charge in [-0.1, -0.05) is 13.8 Å². The van der Waals surface area contributed by atoms with E-state index in [0.717, 1.165) is 18.5 Å². The van der Waals surface area contributed by atoms with E-state index in [2.05, 4.69) is 30.2 Å². The van der Waals surface area contributed by atoms with E-state index in [1.54, 1.807) is 0 Å². The average molecular weight is 258 g/mol. The maximum absolute atomic E-state index is 9.28. The number of hydrogen-bond donors (Lipinski definition) is 2. The average Bonchev–Trinajstić information content (AvgIpc) is 2.43. The van der Waals surface area contributed by atoms with E-state index < -0.39 is 0 Å². The van der Waals surface area contributed by atoms with Crippen molar-refractivity contribution in [3.05, 3.63) is 22.9 Å². The van der Waals surface area contributed by atoms with Crippen molar-refractivity contribution in [1.29, 1.82) is 5.26 Å². The maximum Gasteiger partial charge on any atom is 0.144 e. The van der Waals surface area contributed by atoms with Crippen LogP contribution < -0.4 is 11.1 Å². The number of nitrogens with zero attached hydrogens (tertiary/aromatic N) is 2. The van der Waals surface area contributed by atoms with Gasteiger partial charge in [-0.2, -0.15) is 5.26 Å². The Kier molecular flexibility index (Phi) is 4.39. The minimum absolute atomic E-state index is 0.154. The topological polar surface area (TPSA) is 74.7 Å². The summed E-state index contributed by atoms with van der Waals surface area (Å²) in [5.74, 6) is 1.11. The van der Waals surface area contributed by atoms with Crippen molar-refractivity contribution in [3.8, 4) is 6.07 Å². The first-order chi connectivity index (χ1) is 9.15. The molecule has 0 bridgehead atoms. The molecule has 102 valence electrons. The Morgan fingerprint density at radius 2 is 2.16 bits per heavy atom. The van der Waals surface area contributed by atoms with Crippen molar-refractivity contribution in [1.82, 2.24) is 4.98 Å². The lowest BCUT2D eigenvalue weighted by Gasteiger charge is -2.23. The molecule has 19 heavy (non-hydrogen) atoms. The van der Waals surface area contributed by atoms with Gasteiger partial charge in [0.25, 0.3) is 0 Å². The van der Waals surface area contributed by atoms with Crippen LogP contribution in [0.15, 0.2) is 6.07 Å². The van der Waals surface area contributed by atoms with Crippen LogP contribution in [0.2, 0.25) is 0 Å². The van der Waals surface area contributed by atoms with E-state index in [-0.39, 0.29) is 6.04 Å². The molecule has 0 amide bonds. The summed E-state index contributed by atoms with van der Waals surface area (Å²) in [7, 11) is 0. The molecule has 2 rings (SSSR count).